The molecule has 0 aliphatic heterocycles. The number of para-hydroxylation sites is 1. The average Bonchev–Trinajstić information content (AvgIpc) is 2.75. The molecular weight excluding hydrogens is 234 g/mol. The van der Waals surface area contributed by atoms with Gasteiger partial charge in [0.15, 0.2) is 5.58 Å². The van der Waals surface area contributed by atoms with Crippen LogP contribution in [0.15, 0.2) is 46.9 Å². The summed E-state index contributed by atoms with van der Waals surface area (Å²) in [4.78, 5) is 4.46. The average molecular weight is 244 g/mol. The molecule has 0 saturated heterocycles. The van der Waals surface area contributed by atoms with Crippen LogP contribution in [0.1, 0.15) is 5.56 Å². The second-order valence-electron chi connectivity index (χ2n) is 3.95. The second-order valence-corrected chi connectivity index (χ2v) is 4.39. The van der Waals surface area contributed by atoms with E-state index in [9.17, 15) is 0 Å². The Morgan fingerprint density at radius 1 is 1.06 bits per heavy atom. The van der Waals surface area contributed by atoms with Crippen molar-refractivity contribution in [2.75, 3.05) is 0 Å². The summed E-state index contributed by atoms with van der Waals surface area (Å²) in [5.74, 6) is 0.631. The van der Waals surface area contributed by atoms with E-state index in [1.54, 1.807) is 0 Å². The third-order valence-electron chi connectivity index (χ3n) is 2.70. The van der Waals surface area contributed by atoms with Gasteiger partial charge in [0.25, 0.3) is 0 Å². The van der Waals surface area contributed by atoms with Gasteiger partial charge in [0.1, 0.15) is 5.52 Å². The molecule has 3 rings (SSSR count). The SMILES string of the molecule is Cc1cccc2nc(-c3ccc(Cl)cc3)oc12. The van der Waals surface area contributed by atoms with E-state index in [-0.39, 0.29) is 0 Å². The summed E-state index contributed by atoms with van der Waals surface area (Å²) in [5.41, 5.74) is 3.76. The third-order valence-corrected chi connectivity index (χ3v) is 2.95. The molecule has 0 bridgehead atoms. The minimum atomic E-state index is 0.631. The van der Waals surface area contributed by atoms with Gasteiger partial charge in [-0.05, 0) is 42.8 Å². The number of hydrogen-bond acceptors (Lipinski definition) is 2. The Labute approximate surface area is 104 Å². The van der Waals surface area contributed by atoms with E-state index in [4.69, 9.17) is 16.0 Å². The number of fused-ring (bicyclic) bond motifs is 1. The van der Waals surface area contributed by atoms with Crippen LogP contribution in [-0.2, 0) is 0 Å². The number of nitrogens with zero attached hydrogens (tertiary/aromatic N) is 1. The number of oxazole rings is 1. The quantitative estimate of drug-likeness (QED) is 0.631. The number of aryl methyl sites for hydroxylation is 1. The monoisotopic (exact) mass is 243 g/mol. The lowest BCUT2D eigenvalue weighted by molar-refractivity contribution is 0.617. The summed E-state index contributed by atoms with van der Waals surface area (Å²) >= 11 is 5.85. The van der Waals surface area contributed by atoms with Crippen molar-refractivity contribution in [3.8, 4) is 11.5 Å². The number of benzene rings is 2. The van der Waals surface area contributed by atoms with Crippen molar-refractivity contribution < 1.29 is 4.42 Å². The maximum absolute atomic E-state index is 5.85. The van der Waals surface area contributed by atoms with Gasteiger partial charge in [-0.3, -0.25) is 0 Å². The first-order chi connectivity index (χ1) is 8.24. The van der Waals surface area contributed by atoms with Crippen molar-refractivity contribution in [3.63, 3.8) is 0 Å². The van der Waals surface area contributed by atoms with Crippen LogP contribution in [0.4, 0.5) is 0 Å². The topological polar surface area (TPSA) is 26.0 Å². The molecule has 0 saturated carbocycles. The smallest absolute Gasteiger partial charge is 0.227 e. The molecule has 2 nitrogen and oxygen atoms in total. The Kier molecular flexibility index (Phi) is 2.37. The standard InChI is InChI=1S/C14H10ClNO/c1-9-3-2-4-12-13(9)17-14(16-12)10-5-7-11(15)8-6-10/h2-8H,1H3. The largest absolute Gasteiger partial charge is 0.436 e. The first kappa shape index (κ1) is 10.4. The molecule has 1 heterocycles. The van der Waals surface area contributed by atoms with Crippen molar-refractivity contribution >= 4 is 22.7 Å². The highest BCUT2D eigenvalue weighted by atomic mass is 35.5. The maximum atomic E-state index is 5.85. The van der Waals surface area contributed by atoms with Gasteiger partial charge in [-0.25, -0.2) is 4.98 Å². The lowest BCUT2D eigenvalue weighted by Gasteiger charge is -1.94. The molecule has 0 N–H and O–H groups in total. The molecule has 0 aliphatic carbocycles. The Morgan fingerprint density at radius 2 is 1.82 bits per heavy atom. The zero-order chi connectivity index (χ0) is 11.8. The molecular formula is C14H10ClNO. The van der Waals surface area contributed by atoms with E-state index in [0.717, 1.165) is 22.2 Å². The second kappa shape index (κ2) is 3.90. The van der Waals surface area contributed by atoms with Crippen LogP contribution in [0.3, 0.4) is 0 Å². The number of aromatic nitrogens is 1. The summed E-state index contributed by atoms with van der Waals surface area (Å²) < 4.78 is 5.77. The van der Waals surface area contributed by atoms with Gasteiger partial charge in [0.2, 0.25) is 5.89 Å². The molecule has 0 fully saturated rings. The van der Waals surface area contributed by atoms with E-state index >= 15 is 0 Å². The molecule has 3 aromatic rings. The fourth-order valence-corrected chi connectivity index (χ4v) is 1.93. The Morgan fingerprint density at radius 3 is 2.53 bits per heavy atom. The number of halogens is 1. The van der Waals surface area contributed by atoms with E-state index in [2.05, 4.69) is 4.98 Å². The van der Waals surface area contributed by atoms with Gasteiger partial charge >= 0.3 is 0 Å². The molecule has 84 valence electrons. The van der Waals surface area contributed by atoms with Crippen molar-refractivity contribution in [1.29, 1.82) is 0 Å². The summed E-state index contributed by atoms with van der Waals surface area (Å²) in [6.07, 6.45) is 0. The predicted octanol–water partition coefficient (Wildman–Crippen LogP) is 4.46. The van der Waals surface area contributed by atoms with Crippen LogP contribution in [0, 0.1) is 6.92 Å². The first-order valence-electron chi connectivity index (χ1n) is 5.36. The van der Waals surface area contributed by atoms with Crippen LogP contribution in [0.25, 0.3) is 22.6 Å². The molecule has 0 amide bonds. The zero-order valence-electron chi connectivity index (χ0n) is 9.27. The molecule has 0 radical (unpaired) electrons. The Hall–Kier alpha value is -1.80. The highest BCUT2D eigenvalue weighted by Gasteiger charge is 2.09. The molecule has 0 spiro atoms. The van der Waals surface area contributed by atoms with Crippen LogP contribution < -0.4 is 0 Å². The van der Waals surface area contributed by atoms with Gasteiger partial charge < -0.3 is 4.42 Å². The van der Waals surface area contributed by atoms with Crippen LogP contribution >= 0.6 is 11.6 Å². The van der Waals surface area contributed by atoms with Crippen molar-refractivity contribution in [3.05, 3.63) is 53.1 Å². The molecule has 0 atom stereocenters. The predicted molar refractivity (Wildman–Crippen MR) is 69.2 cm³/mol. The first-order valence-corrected chi connectivity index (χ1v) is 5.74. The lowest BCUT2D eigenvalue weighted by Crippen LogP contribution is -1.75. The van der Waals surface area contributed by atoms with Crippen molar-refractivity contribution in [2.45, 2.75) is 6.92 Å². The highest BCUT2D eigenvalue weighted by molar-refractivity contribution is 6.30. The number of hydrogen-bond donors (Lipinski definition) is 0. The van der Waals surface area contributed by atoms with Crippen LogP contribution in [0.2, 0.25) is 5.02 Å². The summed E-state index contributed by atoms with van der Waals surface area (Å²) in [5, 5.41) is 0.709. The van der Waals surface area contributed by atoms with Crippen molar-refractivity contribution in [1.82, 2.24) is 4.98 Å². The summed E-state index contributed by atoms with van der Waals surface area (Å²) in [7, 11) is 0. The highest BCUT2D eigenvalue weighted by Crippen LogP contribution is 2.26. The molecule has 17 heavy (non-hydrogen) atoms. The van der Waals surface area contributed by atoms with Gasteiger partial charge in [-0.2, -0.15) is 0 Å². The Balaban J connectivity index is 2.18. The fraction of sp³-hybridized carbons (Fsp3) is 0.0714. The number of rotatable bonds is 1. The van der Waals surface area contributed by atoms with Gasteiger partial charge in [0.05, 0.1) is 0 Å². The van der Waals surface area contributed by atoms with Gasteiger partial charge in [-0.1, -0.05) is 23.7 Å². The minimum Gasteiger partial charge on any atom is -0.436 e. The zero-order valence-corrected chi connectivity index (χ0v) is 10.0. The molecule has 2 aromatic carbocycles. The van der Waals surface area contributed by atoms with E-state index in [0.29, 0.717) is 10.9 Å². The van der Waals surface area contributed by atoms with E-state index < -0.39 is 0 Å². The maximum Gasteiger partial charge on any atom is 0.227 e. The lowest BCUT2D eigenvalue weighted by atomic mass is 10.2. The molecule has 0 aliphatic rings. The summed E-state index contributed by atoms with van der Waals surface area (Å²) in [6.45, 7) is 2.01. The van der Waals surface area contributed by atoms with Crippen LogP contribution in [0.5, 0.6) is 0 Å². The normalized spacial score (nSPS) is 10.9. The van der Waals surface area contributed by atoms with E-state index in [1.165, 1.54) is 0 Å². The fourth-order valence-electron chi connectivity index (χ4n) is 1.80. The molecule has 3 heteroatoms. The van der Waals surface area contributed by atoms with E-state index in [1.807, 2.05) is 49.4 Å². The minimum absolute atomic E-state index is 0.631. The third kappa shape index (κ3) is 1.81. The summed E-state index contributed by atoms with van der Waals surface area (Å²) in [6, 6.07) is 13.4. The molecule has 1 aromatic heterocycles. The molecule has 0 unspecified atom stereocenters. The van der Waals surface area contributed by atoms with Crippen molar-refractivity contribution in [2.24, 2.45) is 0 Å². The van der Waals surface area contributed by atoms with Gasteiger partial charge in [0, 0.05) is 10.6 Å². The van der Waals surface area contributed by atoms with Crippen LogP contribution in [-0.4, -0.2) is 4.98 Å². The Bertz CT molecular complexity index is 670. The van der Waals surface area contributed by atoms with Gasteiger partial charge in [-0.15, -0.1) is 0 Å².